The number of nitrogens with zero attached hydrogens (tertiary/aromatic N) is 4. The zero-order valence-electron chi connectivity index (χ0n) is 13.2. The number of aromatic nitrogens is 2. The Morgan fingerprint density at radius 1 is 1.40 bits per heavy atom. The van der Waals surface area contributed by atoms with Crippen molar-refractivity contribution in [1.82, 2.24) is 19.6 Å². The maximum atomic E-state index is 12.7. The molecule has 2 unspecified atom stereocenters. The normalized spacial score (nSPS) is 22.6. The van der Waals surface area contributed by atoms with E-state index in [1.54, 1.807) is 18.8 Å². The van der Waals surface area contributed by atoms with Crippen molar-refractivity contribution < 1.29 is 9.53 Å². The highest BCUT2D eigenvalue weighted by molar-refractivity contribution is 5.97. The van der Waals surface area contributed by atoms with Crippen molar-refractivity contribution in [2.45, 2.75) is 19.9 Å². The average molecular weight is 280 g/mol. The largest absolute Gasteiger partial charge is 0.481 e. The number of hydrogen-bond donors (Lipinski definition) is 0. The summed E-state index contributed by atoms with van der Waals surface area (Å²) < 4.78 is 6.94. The number of carbonyl (C=O) groups is 1. The van der Waals surface area contributed by atoms with Crippen LogP contribution < -0.4 is 4.74 Å². The lowest BCUT2D eigenvalue weighted by Gasteiger charge is -2.22. The van der Waals surface area contributed by atoms with Gasteiger partial charge < -0.3 is 14.5 Å². The van der Waals surface area contributed by atoms with E-state index < -0.39 is 0 Å². The monoisotopic (exact) mass is 280 g/mol. The maximum Gasteiger partial charge on any atom is 0.261 e. The van der Waals surface area contributed by atoms with Gasteiger partial charge in [-0.05, 0) is 26.9 Å². The number of hydrogen-bond acceptors (Lipinski definition) is 4. The van der Waals surface area contributed by atoms with Gasteiger partial charge in [-0.1, -0.05) is 6.92 Å². The number of likely N-dealkylation sites (tertiary alicyclic amines) is 1. The molecule has 1 aliphatic rings. The van der Waals surface area contributed by atoms with Crippen molar-refractivity contribution in [3.05, 3.63) is 11.3 Å². The average Bonchev–Trinajstić information content (AvgIpc) is 2.88. The highest BCUT2D eigenvalue weighted by Crippen LogP contribution is 2.27. The van der Waals surface area contributed by atoms with Crippen molar-refractivity contribution in [1.29, 1.82) is 0 Å². The van der Waals surface area contributed by atoms with Gasteiger partial charge in [0.25, 0.3) is 5.91 Å². The second-order valence-electron chi connectivity index (χ2n) is 5.81. The summed E-state index contributed by atoms with van der Waals surface area (Å²) >= 11 is 0. The number of likely N-dealkylation sites (N-methyl/N-ethyl adjacent to an activating group) is 1. The number of carbonyl (C=O) groups excluding carboxylic acids is 1. The van der Waals surface area contributed by atoms with E-state index in [0.29, 0.717) is 23.4 Å². The summed E-state index contributed by atoms with van der Waals surface area (Å²) in [6.07, 6.45) is 0. The third-order valence-electron chi connectivity index (χ3n) is 4.10. The molecule has 0 bridgehead atoms. The van der Waals surface area contributed by atoms with Gasteiger partial charge in [0.15, 0.2) is 0 Å². The fourth-order valence-corrected chi connectivity index (χ4v) is 3.06. The Labute approximate surface area is 120 Å². The number of ether oxygens (including phenoxy) is 1. The van der Waals surface area contributed by atoms with E-state index in [9.17, 15) is 4.79 Å². The molecule has 0 N–H and O–H groups in total. The molecule has 2 atom stereocenters. The molecule has 0 saturated carbocycles. The van der Waals surface area contributed by atoms with Gasteiger partial charge in [0.2, 0.25) is 5.88 Å². The first-order valence-electron chi connectivity index (χ1n) is 6.90. The molecule has 1 amide bonds. The predicted molar refractivity (Wildman–Crippen MR) is 77.0 cm³/mol. The van der Waals surface area contributed by atoms with E-state index in [2.05, 4.69) is 31.0 Å². The Morgan fingerprint density at radius 3 is 2.55 bits per heavy atom. The summed E-state index contributed by atoms with van der Waals surface area (Å²) in [6.45, 7) is 5.56. The molecule has 112 valence electrons. The van der Waals surface area contributed by atoms with Gasteiger partial charge in [0.1, 0.15) is 5.56 Å². The number of rotatable bonds is 3. The van der Waals surface area contributed by atoms with Gasteiger partial charge in [0.05, 0.1) is 12.8 Å². The van der Waals surface area contributed by atoms with E-state index in [1.807, 2.05) is 11.8 Å². The molecule has 1 aromatic rings. The van der Waals surface area contributed by atoms with Crippen LogP contribution in [0.5, 0.6) is 5.88 Å². The van der Waals surface area contributed by atoms with Crippen LogP contribution >= 0.6 is 0 Å². The minimum atomic E-state index is 0.0173. The molecule has 0 aliphatic carbocycles. The van der Waals surface area contributed by atoms with Crippen molar-refractivity contribution >= 4 is 5.91 Å². The van der Waals surface area contributed by atoms with Crippen LogP contribution in [0, 0.1) is 12.8 Å². The SMILES string of the molecule is COc1c(C(=O)N2CC(C)C(N(C)C)C2)c(C)nn1C. The Hall–Kier alpha value is -1.56. The van der Waals surface area contributed by atoms with Crippen LogP contribution in [0.4, 0.5) is 0 Å². The Bertz CT molecular complexity index is 510. The lowest BCUT2D eigenvalue weighted by atomic mass is 10.1. The van der Waals surface area contributed by atoms with Crippen LogP contribution in [-0.2, 0) is 7.05 Å². The molecule has 6 heteroatoms. The molecule has 6 nitrogen and oxygen atoms in total. The van der Waals surface area contributed by atoms with Crippen molar-refractivity contribution in [2.75, 3.05) is 34.3 Å². The molecule has 2 heterocycles. The van der Waals surface area contributed by atoms with E-state index in [1.165, 1.54) is 0 Å². The summed E-state index contributed by atoms with van der Waals surface area (Å²) in [6, 6.07) is 0.405. The molecular formula is C14H24N4O2. The zero-order chi connectivity index (χ0) is 15.0. The first-order valence-corrected chi connectivity index (χ1v) is 6.90. The third kappa shape index (κ3) is 2.40. The second kappa shape index (κ2) is 5.44. The lowest BCUT2D eigenvalue weighted by Crippen LogP contribution is -2.36. The van der Waals surface area contributed by atoms with Crippen LogP contribution in [0.2, 0.25) is 0 Å². The fourth-order valence-electron chi connectivity index (χ4n) is 3.06. The molecule has 0 spiro atoms. The summed E-state index contributed by atoms with van der Waals surface area (Å²) in [5, 5.41) is 4.28. The molecule has 1 saturated heterocycles. The van der Waals surface area contributed by atoms with Gasteiger partial charge in [-0.3, -0.25) is 4.79 Å². The molecule has 1 aliphatic heterocycles. The molecule has 1 fully saturated rings. The van der Waals surface area contributed by atoms with Crippen LogP contribution in [0.25, 0.3) is 0 Å². The molecule has 0 aromatic carbocycles. The highest BCUT2D eigenvalue weighted by Gasteiger charge is 2.36. The summed E-state index contributed by atoms with van der Waals surface area (Å²) in [7, 11) is 7.48. The van der Waals surface area contributed by atoms with Gasteiger partial charge in [0, 0.05) is 26.2 Å². The number of methoxy groups -OCH3 is 1. The Morgan fingerprint density at radius 2 is 2.05 bits per heavy atom. The highest BCUT2D eigenvalue weighted by atomic mass is 16.5. The van der Waals surface area contributed by atoms with Gasteiger partial charge in [-0.15, -0.1) is 0 Å². The minimum Gasteiger partial charge on any atom is -0.481 e. The summed E-state index contributed by atoms with van der Waals surface area (Å²) in [5.41, 5.74) is 1.30. The smallest absolute Gasteiger partial charge is 0.261 e. The predicted octanol–water partition coefficient (Wildman–Crippen LogP) is 0.759. The molecule has 20 heavy (non-hydrogen) atoms. The Kier molecular flexibility index (Phi) is 4.04. The minimum absolute atomic E-state index is 0.0173. The van der Waals surface area contributed by atoms with E-state index in [4.69, 9.17) is 4.74 Å². The second-order valence-corrected chi connectivity index (χ2v) is 5.81. The fraction of sp³-hybridized carbons (Fsp3) is 0.714. The summed E-state index contributed by atoms with van der Waals surface area (Å²) in [4.78, 5) is 16.8. The van der Waals surface area contributed by atoms with Crippen LogP contribution in [0.3, 0.4) is 0 Å². The zero-order valence-corrected chi connectivity index (χ0v) is 13.2. The van der Waals surface area contributed by atoms with Gasteiger partial charge in [-0.2, -0.15) is 5.10 Å². The van der Waals surface area contributed by atoms with E-state index in [-0.39, 0.29) is 5.91 Å². The lowest BCUT2D eigenvalue weighted by molar-refractivity contribution is 0.0777. The van der Waals surface area contributed by atoms with Gasteiger partial charge >= 0.3 is 0 Å². The van der Waals surface area contributed by atoms with E-state index >= 15 is 0 Å². The van der Waals surface area contributed by atoms with Crippen LogP contribution in [0.1, 0.15) is 23.0 Å². The molecular weight excluding hydrogens is 256 g/mol. The maximum absolute atomic E-state index is 12.7. The van der Waals surface area contributed by atoms with E-state index in [0.717, 1.165) is 18.8 Å². The van der Waals surface area contributed by atoms with Crippen molar-refractivity contribution in [3.63, 3.8) is 0 Å². The number of aryl methyl sites for hydroxylation is 2. The standard InChI is InChI=1S/C14H24N4O2/c1-9-7-18(8-11(9)16(3)4)13(19)12-10(2)15-17(5)14(12)20-6/h9,11H,7-8H2,1-6H3. The van der Waals surface area contributed by atoms with Gasteiger partial charge in [-0.25, -0.2) is 4.68 Å². The number of amides is 1. The molecule has 1 aromatic heterocycles. The third-order valence-corrected chi connectivity index (χ3v) is 4.10. The van der Waals surface area contributed by atoms with Crippen molar-refractivity contribution in [3.8, 4) is 5.88 Å². The van der Waals surface area contributed by atoms with Crippen molar-refractivity contribution in [2.24, 2.45) is 13.0 Å². The quantitative estimate of drug-likeness (QED) is 0.820. The van der Waals surface area contributed by atoms with Crippen LogP contribution in [0.15, 0.2) is 0 Å². The topological polar surface area (TPSA) is 50.6 Å². The Balaban J connectivity index is 2.25. The first kappa shape index (κ1) is 14.8. The van der Waals surface area contributed by atoms with Crippen LogP contribution in [-0.4, -0.2) is 65.8 Å². The summed E-state index contributed by atoms with van der Waals surface area (Å²) in [5.74, 6) is 1.02. The molecule has 0 radical (unpaired) electrons. The first-order chi connectivity index (χ1) is 9.36. The molecule has 2 rings (SSSR count).